The Balaban J connectivity index is 1.84. The van der Waals surface area contributed by atoms with E-state index in [1.54, 1.807) is 13.8 Å². The highest BCUT2D eigenvalue weighted by Gasteiger charge is 2.51. The second kappa shape index (κ2) is 12.7. The van der Waals surface area contributed by atoms with E-state index in [2.05, 4.69) is 16.1 Å². The van der Waals surface area contributed by atoms with Gasteiger partial charge < -0.3 is 15.5 Å². The normalized spacial score (nSPS) is 26.8. The maximum absolute atomic E-state index is 13.8. The summed E-state index contributed by atoms with van der Waals surface area (Å²) in [5.74, 6) is -6.13. The predicted octanol–water partition coefficient (Wildman–Crippen LogP) is 1.63. The number of hydrogen-bond acceptors (Lipinski definition) is 5. The van der Waals surface area contributed by atoms with Crippen LogP contribution < -0.4 is 16.1 Å². The monoisotopic (exact) mass is 583 g/mol. The number of nitrogens with zero attached hydrogens (tertiary/aromatic N) is 2. The maximum atomic E-state index is 13.8. The molecule has 2 heterocycles. The molecule has 7 atom stereocenters. The highest BCUT2D eigenvalue weighted by Crippen LogP contribution is 2.43. The van der Waals surface area contributed by atoms with E-state index in [1.165, 1.54) is 4.90 Å². The molecule has 1 aliphatic carbocycles. The minimum atomic E-state index is -4.76. The van der Waals surface area contributed by atoms with Gasteiger partial charge in [-0.2, -0.15) is 13.2 Å². The molecule has 39 heavy (non-hydrogen) atoms. The minimum absolute atomic E-state index is 0.0696. The number of carbonyl (C=O) groups is 5. The van der Waals surface area contributed by atoms with Gasteiger partial charge in [0.2, 0.25) is 17.7 Å². The van der Waals surface area contributed by atoms with Gasteiger partial charge in [-0.1, -0.05) is 38.3 Å². The predicted molar refractivity (Wildman–Crippen MR) is 130 cm³/mol. The second-order valence-electron chi connectivity index (χ2n) is 10.5. The molecule has 3 aliphatic rings. The molecule has 0 unspecified atom stereocenters. The minimum Gasteiger partial charge on any atom is -0.356 e. The first-order valence-corrected chi connectivity index (χ1v) is 13.5. The molecular formula is C24H34ClF4N5O5. The molecular weight excluding hydrogens is 550 g/mol. The molecule has 0 radical (unpaired) electrons. The first-order chi connectivity index (χ1) is 18.2. The van der Waals surface area contributed by atoms with E-state index in [9.17, 15) is 41.5 Å². The average molecular weight is 584 g/mol. The third-order valence-electron chi connectivity index (χ3n) is 7.86. The summed E-state index contributed by atoms with van der Waals surface area (Å²) in [5.41, 5.74) is -0.142. The number of halogens is 5. The SMILES string of the molecule is CC[C@H](C)[C@H](NC(=O)CC(F)(F)F)C(=O)N1C[C@@H]2CCC[C@@H]2[C@H]1C(=O)NN(C[C@@H]1CCNC1=O)C(=O)[C@H](F)Cl. The fraction of sp³-hybridized carbons (Fsp3) is 0.792. The standard InChI is InChI=1S/C24H34ClF4N5O5/c1-3-12(2)17(31-16(35)9-24(27,28)29)22(38)33-10-13-5-4-6-15(13)18(33)21(37)32-34(23(39)19(25)26)11-14-7-8-30-20(14)36/h12-15,17-19H,3-11H2,1-2H3,(H,30,36)(H,31,35)(H,32,37)/t12-,13-,14-,15-,17-,18-,19-/m0/s1. The Morgan fingerprint density at radius 2 is 1.90 bits per heavy atom. The Hall–Kier alpha value is -2.64. The summed E-state index contributed by atoms with van der Waals surface area (Å²) >= 11 is 5.35. The van der Waals surface area contributed by atoms with Crippen LogP contribution in [0, 0.1) is 23.7 Å². The zero-order chi connectivity index (χ0) is 29.1. The van der Waals surface area contributed by atoms with E-state index in [1.807, 2.05) is 0 Å². The molecule has 220 valence electrons. The van der Waals surface area contributed by atoms with Crippen LogP contribution in [-0.2, 0) is 24.0 Å². The molecule has 0 bridgehead atoms. The molecule has 0 aromatic carbocycles. The summed E-state index contributed by atoms with van der Waals surface area (Å²) in [5, 5.41) is 5.43. The number of carbonyl (C=O) groups excluding carboxylic acids is 5. The van der Waals surface area contributed by atoms with Crippen LogP contribution >= 0.6 is 11.6 Å². The molecule has 0 aromatic heterocycles. The molecule has 2 saturated heterocycles. The van der Waals surface area contributed by atoms with Crippen LogP contribution in [0.4, 0.5) is 17.6 Å². The van der Waals surface area contributed by atoms with E-state index in [4.69, 9.17) is 11.6 Å². The van der Waals surface area contributed by atoms with Crippen molar-refractivity contribution in [1.82, 2.24) is 26.0 Å². The van der Waals surface area contributed by atoms with Gasteiger partial charge in [-0.25, -0.2) is 9.40 Å². The van der Waals surface area contributed by atoms with Gasteiger partial charge in [0.15, 0.2) is 0 Å². The summed E-state index contributed by atoms with van der Waals surface area (Å²) in [6, 6.07) is -2.42. The largest absolute Gasteiger partial charge is 0.397 e. The number of likely N-dealkylation sites (tertiary alicyclic amines) is 1. The lowest BCUT2D eigenvalue weighted by molar-refractivity contribution is -0.157. The molecule has 3 N–H and O–H groups in total. The third kappa shape index (κ3) is 7.52. The second-order valence-corrected chi connectivity index (χ2v) is 10.9. The quantitative estimate of drug-likeness (QED) is 0.216. The van der Waals surface area contributed by atoms with Crippen molar-refractivity contribution in [3.05, 3.63) is 0 Å². The van der Waals surface area contributed by atoms with Gasteiger partial charge in [-0.3, -0.25) is 29.4 Å². The van der Waals surface area contributed by atoms with E-state index < -0.39 is 65.8 Å². The summed E-state index contributed by atoms with van der Waals surface area (Å²) in [4.78, 5) is 65.1. The Bertz CT molecular complexity index is 968. The van der Waals surface area contributed by atoms with Crippen molar-refractivity contribution in [3.8, 4) is 0 Å². The maximum Gasteiger partial charge on any atom is 0.397 e. The van der Waals surface area contributed by atoms with Gasteiger partial charge in [0.05, 0.1) is 12.5 Å². The highest BCUT2D eigenvalue weighted by molar-refractivity contribution is 6.29. The number of amides is 5. The smallest absolute Gasteiger partial charge is 0.356 e. The molecule has 0 spiro atoms. The molecule has 0 aromatic rings. The van der Waals surface area contributed by atoms with Gasteiger partial charge >= 0.3 is 6.18 Å². The zero-order valence-corrected chi connectivity index (χ0v) is 22.5. The molecule has 1 saturated carbocycles. The van der Waals surface area contributed by atoms with Gasteiger partial charge in [-0.15, -0.1) is 0 Å². The van der Waals surface area contributed by atoms with E-state index in [0.29, 0.717) is 37.2 Å². The van der Waals surface area contributed by atoms with Crippen molar-refractivity contribution >= 4 is 41.1 Å². The number of rotatable bonds is 9. The average Bonchev–Trinajstić information content (AvgIpc) is 3.55. The summed E-state index contributed by atoms with van der Waals surface area (Å²) in [7, 11) is 0. The molecule has 3 fully saturated rings. The van der Waals surface area contributed by atoms with Crippen molar-refractivity contribution < 1.29 is 41.5 Å². The fourth-order valence-electron chi connectivity index (χ4n) is 5.68. The van der Waals surface area contributed by atoms with Crippen LogP contribution in [0.25, 0.3) is 0 Å². The van der Waals surface area contributed by atoms with Crippen molar-refractivity contribution in [2.24, 2.45) is 23.7 Å². The third-order valence-corrected chi connectivity index (χ3v) is 8.05. The number of nitrogens with one attached hydrogen (secondary N) is 3. The van der Waals surface area contributed by atoms with Crippen LogP contribution in [0.2, 0.25) is 0 Å². The Morgan fingerprint density at radius 3 is 2.46 bits per heavy atom. The van der Waals surface area contributed by atoms with Gasteiger partial charge in [-0.05, 0) is 37.0 Å². The van der Waals surface area contributed by atoms with Crippen LogP contribution in [0.5, 0.6) is 0 Å². The lowest BCUT2D eigenvalue weighted by Crippen LogP contribution is -2.60. The Morgan fingerprint density at radius 1 is 1.21 bits per heavy atom. The Labute approximate surface area is 228 Å². The molecule has 10 nitrogen and oxygen atoms in total. The molecule has 15 heteroatoms. The van der Waals surface area contributed by atoms with E-state index in [-0.39, 0.29) is 30.8 Å². The van der Waals surface area contributed by atoms with E-state index in [0.717, 1.165) is 6.42 Å². The number of hydrazine groups is 1. The first-order valence-electron chi connectivity index (χ1n) is 13.1. The van der Waals surface area contributed by atoms with Crippen LogP contribution in [0.3, 0.4) is 0 Å². The summed E-state index contributed by atoms with van der Waals surface area (Å²) in [6.07, 6.45) is -3.71. The van der Waals surface area contributed by atoms with Crippen molar-refractivity contribution in [1.29, 1.82) is 0 Å². The Kier molecular flexibility index (Phi) is 10.1. The molecule has 3 rings (SSSR count). The van der Waals surface area contributed by atoms with Crippen molar-refractivity contribution in [2.45, 2.75) is 76.3 Å². The number of hydrogen-bond donors (Lipinski definition) is 3. The van der Waals surface area contributed by atoms with Gasteiger partial charge in [0.25, 0.3) is 17.4 Å². The van der Waals surface area contributed by atoms with Gasteiger partial charge in [0.1, 0.15) is 18.5 Å². The lowest BCUT2D eigenvalue weighted by atomic mass is 9.93. The number of fused-ring (bicyclic) bond motifs is 1. The first kappa shape index (κ1) is 30.9. The highest BCUT2D eigenvalue weighted by atomic mass is 35.5. The van der Waals surface area contributed by atoms with Crippen LogP contribution in [0.15, 0.2) is 0 Å². The topological polar surface area (TPSA) is 128 Å². The number of alkyl halides is 5. The zero-order valence-electron chi connectivity index (χ0n) is 21.7. The van der Waals surface area contributed by atoms with Crippen LogP contribution in [-0.4, -0.2) is 83.0 Å². The van der Waals surface area contributed by atoms with Crippen LogP contribution in [0.1, 0.15) is 52.4 Å². The summed E-state index contributed by atoms with van der Waals surface area (Å²) < 4.78 is 52.1. The molecule has 5 amide bonds. The molecule has 2 aliphatic heterocycles. The lowest BCUT2D eigenvalue weighted by Gasteiger charge is -2.34. The fourth-order valence-corrected chi connectivity index (χ4v) is 5.80. The van der Waals surface area contributed by atoms with Crippen molar-refractivity contribution in [3.63, 3.8) is 0 Å². The summed E-state index contributed by atoms with van der Waals surface area (Å²) in [6.45, 7) is 3.49. The van der Waals surface area contributed by atoms with Crippen molar-refractivity contribution in [2.75, 3.05) is 19.6 Å². The van der Waals surface area contributed by atoms with Gasteiger partial charge in [0, 0.05) is 13.1 Å². The van der Waals surface area contributed by atoms with E-state index >= 15 is 0 Å².